The van der Waals surface area contributed by atoms with Crippen LogP contribution in [0, 0.1) is 5.41 Å². The minimum atomic E-state index is -2.76. The van der Waals surface area contributed by atoms with E-state index in [-0.39, 0.29) is 11.9 Å². The summed E-state index contributed by atoms with van der Waals surface area (Å²) in [7, 11) is 1.17. The smallest absolute Gasteiger partial charge is 0.312 e. The third-order valence-corrected chi connectivity index (χ3v) is 0.958. The van der Waals surface area contributed by atoms with E-state index in [0.29, 0.717) is 0 Å². The summed E-state index contributed by atoms with van der Waals surface area (Å²) in [5.74, 6) is -0.460. The van der Waals surface area contributed by atoms with Gasteiger partial charge in [0.25, 0.3) is 0 Å². The number of carbonyl (C=O) groups excluding carboxylic acids is 1. The minimum absolute atomic E-state index is 0.251. The maximum atomic E-state index is 11.5. The molecule has 0 spiro atoms. The van der Waals surface area contributed by atoms with E-state index in [1.165, 1.54) is 7.11 Å². The molecular formula is C6H8F2N2O2. The lowest BCUT2D eigenvalue weighted by atomic mass is 10.3. The number of hydrogen-bond donors (Lipinski definition) is 2. The van der Waals surface area contributed by atoms with Gasteiger partial charge in [0, 0.05) is 6.20 Å². The summed E-state index contributed by atoms with van der Waals surface area (Å²) < 4.78 is 27.4. The van der Waals surface area contributed by atoms with E-state index >= 15 is 0 Å². The van der Waals surface area contributed by atoms with Gasteiger partial charge in [0.05, 0.1) is 12.7 Å². The average Bonchev–Trinajstić information content (AvgIpc) is 2.04. The predicted octanol–water partition coefficient (Wildman–Crippen LogP) is 0.505. The van der Waals surface area contributed by atoms with Crippen LogP contribution in [0.4, 0.5) is 8.78 Å². The third kappa shape index (κ3) is 3.65. The maximum Gasteiger partial charge on any atom is 0.312 e. The zero-order valence-corrected chi connectivity index (χ0v) is 6.30. The largest absolute Gasteiger partial charge is 0.481 e. The van der Waals surface area contributed by atoms with Crippen LogP contribution in [0.15, 0.2) is 11.8 Å². The Bertz CT molecular complexity index is 204. The van der Waals surface area contributed by atoms with E-state index in [1.54, 1.807) is 5.32 Å². The van der Waals surface area contributed by atoms with Crippen molar-refractivity contribution in [2.75, 3.05) is 7.11 Å². The van der Waals surface area contributed by atoms with Crippen LogP contribution in [-0.4, -0.2) is 25.8 Å². The first-order valence-corrected chi connectivity index (χ1v) is 2.94. The highest BCUT2D eigenvalue weighted by molar-refractivity contribution is 6.08. The first kappa shape index (κ1) is 10.5. The van der Waals surface area contributed by atoms with E-state index < -0.39 is 12.4 Å². The molecule has 0 heterocycles. The van der Waals surface area contributed by atoms with Crippen molar-refractivity contribution in [3.8, 4) is 0 Å². The lowest BCUT2D eigenvalue weighted by Gasteiger charge is -2.01. The molecule has 2 N–H and O–H groups in total. The van der Waals surface area contributed by atoms with E-state index in [1.807, 2.05) is 0 Å². The van der Waals surface area contributed by atoms with Gasteiger partial charge in [-0.15, -0.1) is 0 Å². The molecule has 0 aliphatic carbocycles. The van der Waals surface area contributed by atoms with Gasteiger partial charge in [-0.3, -0.25) is 10.2 Å². The second-order valence-corrected chi connectivity index (χ2v) is 1.72. The van der Waals surface area contributed by atoms with Crippen molar-refractivity contribution in [3.05, 3.63) is 11.8 Å². The fourth-order valence-electron chi connectivity index (χ4n) is 0.424. The molecule has 68 valence electrons. The number of halogens is 2. The predicted molar refractivity (Wildman–Crippen MR) is 38.0 cm³/mol. The Kier molecular flexibility index (Phi) is 4.59. The van der Waals surface area contributed by atoms with Gasteiger partial charge < -0.3 is 10.1 Å². The Labute approximate surface area is 67.7 Å². The Balaban J connectivity index is 4.23. The van der Waals surface area contributed by atoms with Crippen molar-refractivity contribution in [1.29, 1.82) is 5.41 Å². The SMILES string of the molecule is COC(=N)/C(C=O)=C\NC(F)F. The third-order valence-electron chi connectivity index (χ3n) is 0.958. The summed E-state index contributed by atoms with van der Waals surface area (Å²) >= 11 is 0. The maximum absolute atomic E-state index is 11.5. The molecule has 0 aromatic heterocycles. The summed E-state index contributed by atoms with van der Waals surface area (Å²) in [6.45, 7) is -2.76. The fraction of sp³-hybridized carbons (Fsp3) is 0.333. The van der Waals surface area contributed by atoms with E-state index in [0.717, 1.165) is 6.20 Å². The van der Waals surface area contributed by atoms with Crippen LogP contribution in [0.25, 0.3) is 0 Å². The molecule has 0 aromatic rings. The van der Waals surface area contributed by atoms with Gasteiger partial charge in [-0.25, -0.2) is 0 Å². The van der Waals surface area contributed by atoms with Gasteiger partial charge in [0.15, 0.2) is 6.29 Å². The summed E-state index contributed by atoms with van der Waals surface area (Å²) in [5, 5.41) is 8.50. The van der Waals surface area contributed by atoms with Crippen molar-refractivity contribution in [3.63, 3.8) is 0 Å². The van der Waals surface area contributed by atoms with Gasteiger partial charge in [0.1, 0.15) is 0 Å². The van der Waals surface area contributed by atoms with Crippen molar-refractivity contribution < 1.29 is 18.3 Å². The first-order chi connectivity index (χ1) is 5.61. The topological polar surface area (TPSA) is 62.2 Å². The molecule has 0 radical (unpaired) electrons. The minimum Gasteiger partial charge on any atom is -0.481 e. The highest BCUT2D eigenvalue weighted by atomic mass is 19.3. The molecule has 0 aromatic carbocycles. The van der Waals surface area contributed by atoms with Crippen molar-refractivity contribution in [1.82, 2.24) is 5.32 Å². The van der Waals surface area contributed by atoms with E-state index in [9.17, 15) is 13.6 Å². The number of ether oxygens (including phenoxy) is 1. The monoisotopic (exact) mass is 178 g/mol. The van der Waals surface area contributed by atoms with Gasteiger partial charge in [-0.2, -0.15) is 8.78 Å². The lowest BCUT2D eigenvalue weighted by Crippen LogP contribution is -2.16. The molecule has 0 saturated carbocycles. The van der Waals surface area contributed by atoms with Gasteiger partial charge >= 0.3 is 6.55 Å². The second kappa shape index (κ2) is 5.22. The molecule has 0 rings (SSSR count). The number of rotatable bonds is 4. The van der Waals surface area contributed by atoms with Crippen LogP contribution in [0.1, 0.15) is 0 Å². The number of hydrogen-bond acceptors (Lipinski definition) is 4. The van der Waals surface area contributed by atoms with Crippen LogP contribution in [0.2, 0.25) is 0 Å². The normalized spacial score (nSPS) is 11.2. The van der Waals surface area contributed by atoms with Crippen molar-refractivity contribution in [2.45, 2.75) is 6.55 Å². The second-order valence-electron chi connectivity index (χ2n) is 1.72. The van der Waals surface area contributed by atoms with Crippen LogP contribution >= 0.6 is 0 Å². The highest BCUT2D eigenvalue weighted by Crippen LogP contribution is 1.93. The lowest BCUT2D eigenvalue weighted by molar-refractivity contribution is -0.104. The number of nitrogens with one attached hydrogen (secondary N) is 2. The van der Waals surface area contributed by atoms with Gasteiger partial charge in [0.2, 0.25) is 5.90 Å². The van der Waals surface area contributed by atoms with E-state index in [4.69, 9.17) is 5.41 Å². The molecule has 0 amide bonds. The molecule has 0 atom stereocenters. The molecular weight excluding hydrogens is 170 g/mol. The standard InChI is InChI=1S/C6H8F2N2O2/c1-12-5(9)4(3-11)2-10-6(7)8/h2-3,6,9-10H,1H3/b4-2-,9-5?. The molecule has 0 aliphatic rings. The highest BCUT2D eigenvalue weighted by Gasteiger charge is 2.04. The molecule has 0 saturated heterocycles. The van der Waals surface area contributed by atoms with Gasteiger partial charge in [-0.05, 0) is 0 Å². The fourth-order valence-corrected chi connectivity index (χ4v) is 0.424. The molecule has 0 bridgehead atoms. The number of carbonyl (C=O) groups is 1. The number of aldehydes is 1. The number of methoxy groups -OCH3 is 1. The average molecular weight is 178 g/mol. The van der Waals surface area contributed by atoms with Crippen LogP contribution < -0.4 is 5.32 Å². The molecule has 6 heteroatoms. The first-order valence-electron chi connectivity index (χ1n) is 2.94. The Morgan fingerprint density at radius 2 is 2.25 bits per heavy atom. The summed E-state index contributed by atoms with van der Waals surface area (Å²) in [6, 6.07) is 0. The zero-order chi connectivity index (χ0) is 9.56. The molecule has 0 fully saturated rings. The van der Waals surface area contributed by atoms with Crippen LogP contribution in [0.3, 0.4) is 0 Å². The van der Waals surface area contributed by atoms with E-state index in [2.05, 4.69) is 4.74 Å². The molecule has 12 heavy (non-hydrogen) atoms. The number of alkyl halides is 2. The summed E-state index contributed by atoms with van der Waals surface area (Å²) in [6.07, 6.45) is 0.977. The zero-order valence-electron chi connectivity index (χ0n) is 6.30. The van der Waals surface area contributed by atoms with Crippen LogP contribution in [0.5, 0.6) is 0 Å². The molecule has 0 unspecified atom stereocenters. The van der Waals surface area contributed by atoms with Crippen LogP contribution in [-0.2, 0) is 9.53 Å². The quantitative estimate of drug-likeness (QED) is 0.217. The Morgan fingerprint density at radius 3 is 2.58 bits per heavy atom. The Morgan fingerprint density at radius 1 is 1.67 bits per heavy atom. The molecule has 4 nitrogen and oxygen atoms in total. The van der Waals surface area contributed by atoms with Crippen molar-refractivity contribution in [2.24, 2.45) is 0 Å². The Hall–Kier alpha value is -1.46. The molecule has 0 aliphatic heterocycles. The van der Waals surface area contributed by atoms with Crippen molar-refractivity contribution >= 4 is 12.2 Å². The summed E-state index contributed by atoms with van der Waals surface area (Å²) in [4.78, 5) is 10.1. The summed E-state index contributed by atoms with van der Waals surface area (Å²) in [5.41, 5.74) is -0.266. The van der Waals surface area contributed by atoms with Gasteiger partial charge in [-0.1, -0.05) is 0 Å².